The first-order valence-corrected chi connectivity index (χ1v) is 8.36. The number of hydrogen-bond acceptors (Lipinski definition) is 4. The fourth-order valence-electron chi connectivity index (χ4n) is 2.17. The molecule has 0 aliphatic carbocycles. The summed E-state index contributed by atoms with van der Waals surface area (Å²) < 4.78 is 52.3. The quantitative estimate of drug-likeness (QED) is 0.631. The highest BCUT2D eigenvalue weighted by atomic mass is 127. The molecule has 0 unspecified atom stereocenters. The van der Waals surface area contributed by atoms with E-state index in [4.69, 9.17) is 9.47 Å². The van der Waals surface area contributed by atoms with Gasteiger partial charge in [0.05, 0.1) is 19.8 Å². The third kappa shape index (κ3) is 5.16. The molecule has 0 radical (unpaired) electrons. The minimum absolute atomic E-state index is 0.129. The van der Waals surface area contributed by atoms with Gasteiger partial charge in [0, 0.05) is 15.7 Å². The zero-order valence-corrected chi connectivity index (χ0v) is 16.0. The van der Waals surface area contributed by atoms with E-state index in [2.05, 4.69) is 10.1 Å². The number of ether oxygens (including phenoxy) is 3. The van der Waals surface area contributed by atoms with Crippen LogP contribution in [0.5, 0.6) is 17.2 Å². The summed E-state index contributed by atoms with van der Waals surface area (Å²) in [5, 5.41) is 2.58. The molecule has 0 saturated heterocycles. The molecule has 9 heteroatoms. The van der Waals surface area contributed by atoms with Crippen LogP contribution in [0.15, 0.2) is 36.4 Å². The van der Waals surface area contributed by atoms with Crippen molar-refractivity contribution in [2.75, 3.05) is 14.2 Å². The van der Waals surface area contributed by atoms with E-state index in [0.717, 1.165) is 0 Å². The maximum Gasteiger partial charge on any atom is 0.573 e. The van der Waals surface area contributed by atoms with Gasteiger partial charge in [0.1, 0.15) is 5.75 Å². The van der Waals surface area contributed by atoms with Gasteiger partial charge in [-0.3, -0.25) is 4.79 Å². The number of amides is 1. The number of methoxy groups -OCH3 is 2. The lowest BCUT2D eigenvalue weighted by Gasteiger charge is -2.15. The molecule has 140 valence electrons. The first kappa shape index (κ1) is 20.1. The van der Waals surface area contributed by atoms with Crippen LogP contribution in [0.3, 0.4) is 0 Å². The minimum Gasteiger partial charge on any atom is -0.493 e. The first-order valence-electron chi connectivity index (χ1n) is 7.28. The number of benzene rings is 2. The van der Waals surface area contributed by atoms with Gasteiger partial charge in [0.2, 0.25) is 0 Å². The molecule has 0 aliphatic heterocycles. The Kier molecular flexibility index (Phi) is 6.57. The normalized spacial score (nSPS) is 11.0. The molecule has 2 rings (SSSR count). The van der Waals surface area contributed by atoms with Crippen molar-refractivity contribution in [3.05, 3.63) is 51.1 Å². The molecule has 0 saturated carbocycles. The van der Waals surface area contributed by atoms with Crippen molar-refractivity contribution in [2.45, 2.75) is 12.9 Å². The van der Waals surface area contributed by atoms with E-state index >= 15 is 0 Å². The molecule has 0 aliphatic rings. The summed E-state index contributed by atoms with van der Waals surface area (Å²) in [4.78, 5) is 12.4. The van der Waals surface area contributed by atoms with Crippen LogP contribution >= 0.6 is 22.6 Å². The largest absolute Gasteiger partial charge is 0.573 e. The van der Waals surface area contributed by atoms with Crippen LogP contribution in [-0.2, 0) is 6.54 Å². The summed E-state index contributed by atoms with van der Waals surface area (Å²) in [7, 11) is 2.92. The van der Waals surface area contributed by atoms with Crippen LogP contribution in [0.25, 0.3) is 0 Å². The summed E-state index contributed by atoms with van der Waals surface area (Å²) in [5.41, 5.74) is 0.520. The third-order valence-corrected chi connectivity index (χ3v) is 4.25. The van der Waals surface area contributed by atoms with Crippen LogP contribution in [-0.4, -0.2) is 26.5 Å². The molecule has 0 spiro atoms. The predicted molar refractivity (Wildman–Crippen MR) is 96.6 cm³/mol. The highest BCUT2D eigenvalue weighted by Crippen LogP contribution is 2.31. The Hall–Kier alpha value is -2.17. The van der Waals surface area contributed by atoms with Crippen molar-refractivity contribution in [1.29, 1.82) is 0 Å². The van der Waals surface area contributed by atoms with E-state index in [1.54, 1.807) is 12.1 Å². The second kappa shape index (κ2) is 8.47. The minimum atomic E-state index is -4.81. The van der Waals surface area contributed by atoms with Crippen LogP contribution in [0.1, 0.15) is 15.9 Å². The van der Waals surface area contributed by atoms with Crippen molar-refractivity contribution in [1.82, 2.24) is 5.32 Å². The van der Waals surface area contributed by atoms with E-state index in [9.17, 15) is 18.0 Å². The van der Waals surface area contributed by atoms with Crippen LogP contribution in [0.2, 0.25) is 0 Å². The lowest BCUT2D eigenvalue weighted by atomic mass is 10.1. The van der Waals surface area contributed by atoms with Gasteiger partial charge < -0.3 is 19.5 Å². The van der Waals surface area contributed by atoms with E-state index in [1.807, 2.05) is 22.6 Å². The lowest BCUT2D eigenvalue weighted by Crippen LogP contribution is -2.25. The Bertz CT molecular complexity index is 796. The van der Waals surface area contributed by atoms with Gasteiger partial charge in [-0.05, 0) is 40.8 Å². The number of carbonyl (C=O) groups excluding carboxylic acids is 1. The van der Waals surface area contributed by atoms with Crippen molar-refractivity contribution in [2.24, 2.45) is 0 Å². The summed E-state index contributed by atoms with van der Waals surface area (Å²) in [6, 6.07) is 8.76. The Morgan fingerprint density at radius 3 is 2.31 bits per heavy atom. The SMILES string of the molecule is COc1cc(I)c(C(=O)NCc2ccccc2OC(F)(F)F)cc1OC. The molecule has 1 N–H and O–H groups in total. The Morgan fingerprint density at radius 1 is 1.08 bits per heavy atom. The molecule has 0 fully saturated rings. The van der Waals surface area contributed by atoms with E-state index in [1.165, 1.54) is 38.5 Å². The molecule has 26 heavy (non-hydrogen) atoms. The van der Waals surface area contributed by atoms with Crippen molar-refractivity contribution in [3.63, 3.8) is 0 Å². The molecule has 0 heterocycles. The maximum atomic E-state index is 12.5. The van der Waals surface area contributed by atoms with Crippen LogP contribution in [0, 0.1) is 3.57 Å². The van der Waals surface area contributed by atoms with Crippen molar-refractivity contribution < 1.29 is 32.2 Å². The number of para-hydroxylation sites is 1. The molecular weight excluding hydrogens is 466 g/mol. The Labute approximate surface area is 161 Å². The zero-order chi connectivity index (χ0) is 19.3. The second-order valence-electron chi connectivity index (χ2n) is 5.03. The number of hydrogen-bond donors (Lipinski definition) is 1. The Morgan fingerprint density at radius 2 is 1.69 bits per heavy atom. The van der Waals surface area contributed by atoms with E-state index in [0.29, 0.717) is 20.6 Å². The number of rotatable bonds is 6. The smallest absolute Gasteiger partial charge is 0.493 e. The second-order valence-corrected chi connectivity index (χ2v) is 6.19. The summed E-state index contributed by atoms with van der Waals surface area (Å²) in [6.45, 7) is -0.129. The van der Waals surface area contributed by atoms with Gasteiger partial charge in [-0.25, -0.2) is 0 Å². The molecule has 0 aromatic heterocycles. The van der Waals surface area contributed by atoms with Gasteiger partial charge in [0.15, 0.2) is 11.5 Å². The number of carbonyl (C=O) groups is 1. The molecule has 0 atom stereocenters. The van der Waals surface area contributed by atoms with Crippen LogP contribution in [0.4, 0.5) is 13.2 Å². The zero-order valence-electron chi connectivity index (χ0n) is 13.8. The fraction of sp³-hybridized carbons (Fsp3) is 0.235. The maximum absolute atomic E-state index is 12.5. The lowest BCUT2D eigenvalue weighted by molar-refractivity contribution is -0.274. The van der Waals surface area contributed by atoms with Gasteiger partial charge >= 0.3 is 6.36 Å². The summed E-state index contributed by atoms with van der Waals surface area (Å²) in [6.07, 6.45) is -4.81. The molecule has 2 aromatic carbocycles. The van der Waals surface area contributed by atoms with Crippen LogP contribution < -0.4 is 19.5 Å². The van der Waals surface area contributed by atoms with Gasteiger partial charge in [-0.2, -0.15) is 0 Å². The molecule has 5 nitrogen and oxygen atoms in total. The average Bonchev–Trinajstić information content (AvgIpc) is 2.59. The van der Waals surface area contributed by atoms with Gasteiger partial charge in [0.25, 0.3) is 5.91 Å². The summed E-state index contributed by atoms with van der Waals surface area (Å²) >= 11 is 1.97. The topological polar surface area (TPSA) is 56.8 Å². The summed E-state index contributed by atoms with van der Waals surface area (Å²) in [5.74, 6) is 0.0238. The molecular formula is C17H15F3INO4. The number of halogens is 4. The Balaban J connectivity index is 2.17. The number of nitrogens with one attached hydrogen (secondary N) is 1. The monoisotopic (exact) mass is 481 g/mol. The average molecular weight is 481 g/mol. The molecule has 0 bridgehead atoms. The highest BCUT2D eigenvalue weighted by Gasteiger charge is 2.32. The fourth-order valence-corrected chi connectivity index (χ4v) is 2.86. The highest BCUT2D eigenvalue weighted by molar-refractivity contribution is 14.1. The van der Waals surface area contributed by atoms with E-state index in [-0.39, 0.29) is 17.9 Å². The third-order valence-electron chi connectivity index (χ3n) is 3.36. The van der Waals surface area contributed by atoms with Crippen molar-refractivity contribution >= 4 is 28.5 Å². The van der Waals surface area contributed by atoms with Crippen molar-refractivity contribution in [3.8, 4) is 17.2 Å². The van der Waals surface area contributed by atoms with E-state index < -0.39 is 12.3 Å². The number of alkyl halides is 3. The predicted octanol–water partition coefficient (Wildman–Crippen LogP) is 4.14. The first-order chi connectivity index (χ1) is 12.2. The van der Waals surface area contributed by atoms with Gasteiger partial charge in [-0.15, -0.1) is 13.2 Å². The van der Waals surface area contributed by atoms with Gasteiger partial charge in [-0.1, -0.05) is 18.2 Å². The molecule has 1 amide bonds. The standard InChI is InChI=1S/C17H15F3INO4/c1-24-14-7-11(12(21)8-15(14)25-2)16(23)22-9-10-5-3-4-6-13(10)26-17(18,19)20/h3-8H,9H2,1-2H3,(H,22,23). The molecule has 2 aromatic rings.